The summed E-state index contributed by atoms with van der Waals surface area (Å²) in [6.07, 6.45) is 1.65. The number of aryl methyl sites for hydroxylation is 2. The minimum Gasteiger partial charge on any atom is -0.456 e. The summed E-state index contributed by atoms with van der Waals surface area (Å²) >= 11 is 0. The minimum atomic E-state index is -0.645. The molecule has 3 rings (SSSR count). The third-order valence-electron chi connectivity index (χ3n) is 3.93. The first kappa shape index (κ1) is 21.4. The summed E-state index contributed by atoms with van der Waals surface area (Å²) in [5, 5.41) is 3.69. The lowest BCUT2D eigenvalue weighted by molar-refractivity contribution is 0.00729. The van der Waals surface area contributed by atoms with E-state index in [4.69, 9.17) is 4.74 Å². The zero-order valence-corrected chi connectivity index (χ0v) is 17.6. The van der Waals surface area contributed by atoms with Crippen LogP contribution in [0.25, 0.3) is 11.0 Å². The molecule has 5 nitrogen and oxygen atoms in total. The highest BCUT2D eigenvalue weighted by Gasteiger charge is 2.27. The molecule has 0 saturated heterocycles. The van der Waals surface area contributed by atoms with Gasteiger partial charge in [0.25, 0.3) is 0 Å². The average molecular weight is 385 g/mol. The molecular weight excluding hydrogens is 357 g/mol. The van der Waals surface area contributed by atoms with Gasteiger partial charge in [-0.15, -0.1) is 0 Å². The normalized spacial score (nSPS) is 11.0. The van der Waals surface area contributed by atoms with Gasteiger partial charge >= 0.3 is 5.97 Å². The van der Waals surface area contributed by atoms with E-state index in [1.165, 1.54) is 6.07 Å². The van der Waals surface area contributed by atoms with Crippen molar-refractivity contribution in [2.24, 2.45) is 7.05 Å². The first-order valence-corrected chi connectivity index (χ1v) is 9.37. The topological polar surface area (TPSA) is 56.1 Å². The van der Waals surface area contributed by atoms with Crippen LogP contribution >= 0.6 is 0 Å². The molecule has 0 spiro atoms. The van der Waals surface area contributed by atoms with Crippen molar-refractivity contribution < 1.29 is 13.9 Å². The minimum absolute atomic E-state index is 0.284. The molecule has 0 atom stereocenters. The van der Waals surface area contributed by atoms with E-state index in [0.29, 0.717) is 22.4 Å². The number of nitrogens with one attached hydrogen (secondary N) is 1. The van der Waals surface area contributed by atoms with Crippen LogP contribution in [0.4, 0.5) is 15.9 Å². The number of ether oxygens (including phenoxy) is 1. The van der Waals surface area contributed by atoms with Crippen LogP contribution in [0.15, 0.2) is 36.5 Å². The quantitative estimate of drug-likeness (QED) is 0.584. The van der Waals surface area contributed by atoms with Crippen LogP contribution in [0.1, 0.15) is 50.5 Å². The molecule has 2 aromatic heterocycles. The maximum absolute atomic E-state index is 14.3. The van der Waals surface area contributed by atoms with Crippen molar-refractivity contribution in [3.05, 3.63) is 53.5 Å². The van der Waals surface area contributed by atoms with Gasteiger partial charge in [0.15, 0.2) is 0 Å². The smallest absolute Gasteiger partial charge is 0.343 e. The third-order valence-corrected chi connectivity index (χ3v) is 3.93. The zero-order valence-electron chi connectivity index (χ0n) is 17.6. The Kier molecular flexibility index (Phi) is 6.44. The van der Waals surface area contributed by atoms with Gasteiger partial charge < -0.3 is 14.6 Å². The fourth-order valence-corrected chi connectivity index (χ4v) is 2.79. The maximum Gasteiger partial charge on any atom is 0.343 e. The van der Waals surface area contributed by atoms with Crippen LogP contribution in [0.5, 0.6) is 0 Å². The molecule has 2 heterocycles. The number of halogens is 1. The Labute approximate surface area is 165 Å². The number of benzene rings is 1. The number of carbonyl (C=O) groups excluding carboxylic acids is 1. The number of hydrogen-bond acceptors (Lipinski definition) is 4. The second-order valence-corrected chi connectivity index (χ2v) is 7.27. The second kappa shape index (κ2) is 8.42. The summed E-state index contributed by atoms with van der Waals surface area (Å²) in [7, 11) is 1.78. The Morgan fingerprint density at radius 1 is 1.21 bits per heavy atom. The second-order valence-electron chi connectivity index (χ2n) is 7.27. The Hall–Kier alpha value is -2.89. The molecule has 3 aromatic rings. The lowest BCUT2D eigenvalue weighted by Gasteiger charge is -2.20. The maximum atomic E-state index is 14.3. The van der Waals surface area contributed by atoms with Gasteiger partial charge in [-0.1, -0.05) is 19.9 Å². The van der Waals surface area contributed by atoms with Crippen molar-refractivity contribution in [1.82, 2.24) is 9.55 Å². The van der Waals surface area contributed by atoms with Crippen LogP contribution in [0, 0.1) is 12.7 Å². The number of esters is 1. The molecule has 150 valence electrons. The predicted octanol–water partition coefficient (Wildman–Crippen LogP) is 5.75. The first-order chi connectivity index (χ1) is 13.2. The summed E-state index contributed by atoms with van der Waals surface area (Å²) in [6.45, 7) is 11.2. The number of pyridine rings is 1. The highest BCUT2D eigenvalue weighted by Crippen LogP contribution is 2.32. The largest absolute Gasteiger partial charge is 0.456 e. The van der Waals surface area contributed by atoms with E-state index in [-0.39, 0.29) is 5.69 Å². The summed E-state index contributed by atoms with van der Waals surface area (Å²) in [4.78, 5) is 17.2. The highest BCUT2D eigenvalue weighted by atomic mass is 19.1. The fourth-order valence-electron chi connectivity index (χ4n) is 2.79. The Morgan fingerprint density at radius 3 is 2.50 bits per heavy atom. The first-order valence-electron chi connectivity index (χ1n) is 9.37. The summed E-state index contributed by atoms with van der Waals surface area (Å²) in [5.41, 5.74) is 1.41. The van der Waals surface area contributed by atoms with Gasteiger partial charge in [0, 0.05) is 18.6 Å². The van der Waals surface area contributed by atoms with Crippen molar-refractivity contribution in [1.29, 1.82) is 0 Å². The van der Waals surface area contributed by atoms with E-state index in [0.717, 1.165) is 5.56 Å². The highest BCUT2D eigenvalue weighted by molar-refractivity contribution is 6.09. The Balaban J connectivity index is 0.00000136. The molecule has 1 aromatic carbocycles. The number of nitrogens with zero attached hydrogens (tertiary/aromatic N) is 2. The van der Waals surface area contributed by atoms with Gasteiger partial charge in [0.2, 0.25) is 0 Å². The lowest BCUT2D eigenvalue weighted by atomic mass is 10.1. The standard InChI is InChI=1S/C20H22FN3O2.C2H6/c1-12-8-9-15(14(21)11-12)23-18-16(19(25)26-20(2,3)4)13-7-6-10-22-17(13)24(18)5;1-2/h6-11,23H,1-5H3;1-2H3. The lowest BCUT2D eigenvalue weighted by Crippen LogP contribution is -2.24. The molecule has 0 unspecified atom stereocenters. The number of fused-ring (bicyclic) bond motifs is 1. The number of hydrogen-bond donors (Lipinski definition) is 1. The third kappa shape index (κ3) is 4.50. The molecule has 0 aliphatic rings. The van der Waals surface area contributed by atoms with Crippen molar-refractivity contribution >= 4 is 28.5 Å². The molecule has 28 heavy (non-hydrogen) atoms. The molecule has 0 radical (unpaired) electrons. The molecule has 0 aliphatic heterocycles. The van der Waals surface area contributed by atoms with Gasteiger partial charge in [0.05, 0.1) is 5.69 Å². The molecular formula is C22H28FN3O2. The van der Waals surface area contributed by atoms with Gasteiger partial charge in [-0.05, 0) is 57.5 Å². The van der Waals surface area contributed by atoms with E-state index in [2.05, 4.69) is 10.3 Å². The van der Waals surface area contributed by atoms with Crippen LogP contribution in [0.3, 0.4) is 0 Å². The van der Waals surface area contributed by atoms with E-state index < -0.39 is 17.4 Å². The molecule has 0 amide bonds. The fraction of sp³-hybridized carbons (Fsp3) is 0.364. The van der Waals surface area contributed by atoms with Crippen molar-refractivity contribution in [2.75, 3.05) is 5.32 Å². The van der Waals surface area contributed by atoms with Crippen LogP contribution < -0.4 is 5.32 Å². The summed E-state index contributed by atoms with van der Waals surface area (Å²) in [6, 6.07) is 8.45. The average Bonchev–Trinajstić information content (AvgIpc) is 2.90. The molecule has 0 fully saturated rings. The van der Waals surface area contributed by atoms with Crippen molar-refractivity contribution in [3.63, 3.8) is 0 Å². The zero-order chi connectivity index (χ0) is 21.1. The van der Waals surface area contributed by atoms with Gasteiger partial charge in [0.1, 0.15) is 28.4 Å². The number of anilines is 2. The van der Waals surface area contributed by atoms with Crippen LogP contribution in [-0.2, 0) is 11.8 Å². The van der Waals surface area contributed by atoms with Crippen LogP contribution in [0.2, 0.25) is 0 Å². The van der Waals surface area contributed by atoms with E-state index in [1.807, 2.05) is 20.8 Å². The molecule has 1 N–H and O–H groups in total. The number of carbonyl (C=O) groups is 1. The molecule has 0 aliphatic carbocycles. The Bertz CT molecular complexity index is 987. The van der Waals surface area contributed by atoms with E-state index >= 15 is 0 Å². The van der Waals surface area contributed by atoms with Crippen LogP contribution in [-0.4, -0.2) is 21.1 Å². The number of rotatable bonds is 3. The number of aromatic nitrogens is 2. The molecule has 0 bridgehead atoms. The summed E-state index contributed by atoms with van der Waals surface area (Å²) < 4.78 is 21.6. The SMILES string of the molecule is CC.Cc1ccc(Nc2c(C(=O)OC(C)(C)C)c3cccnc3n2C)c(F)c1. The van der Waals surface area contributed by atoms with Gasteiger partial charge in [-0.25, -0.2) is 14.2 Å². The van der Waals surface area contributed by atoms with E-state index in [1.54, 1.807) is 62.8 Å². The monoisotopic (exact) mass is 385 g/mol. The summed E-state index contributed by atoms with van der Waals surface area (Å²) in [5.74, 6) is -0.430. The van der Waals surface area contributed by atoms with Gasteiger partial charge in [-0.2, -0.15) is 0 Å². The predicted molar refractivity (Wildman–Crippen MR) is 112 cm³/mol. The molecule has 6 heteroatoms. The van der Waals surface area contributed by atoms with Crippen molar-refractivity contribution in [3.8, 4) is 0 Å². The van der Waals surface area contributed by atoms with E-state index in [9.17, 15) is 9.18 Å². The van der Waals surface area contributed by atoms with Gasteiger partial charge in [-0.3, -0.25) is 0 Å². The molecule has 0 saturated carbocycles. The van der Waals surface area contributed by atoms with Crippen molar-refractivity contribution in [2.45, 2.75) is 47.1 Å². The Morgan fingerprint density at radius 2 is 1.89 bits per heavy atom.